The van der Waals surface area contributed by atoms with Crippen molar-refractivity contribution < 1.29 is 9.47 Å². The zero-order valence-corrected chi connectivity index (χ0v) is 10.7. The number of rotatable bonds is 3. The monoisotopic (exact) mass is 227 g/mol. The summed E-state index contributed by atoms with van der Waals surface area (Å²) >= 11 is 0. The van der Waals surface area contributed by atoms with Crippen LogP contribution in [0.15, 0.2) is 0 Å². The van der Waals surface area contributed by atoms with Crippen LogP contribution in [0, 0.1) is 0 Å². The van der Waals surface area contributed by atoms with Crippen LogP contribution in [-0.2, 0) is 9.47 Å². The van der Waals surface area contributed by atoms with Crippen molar-refractivity contribution >= 4 is 0 Å². The van der Waals surface area contributed by atoms with E-state index in [-0.39, 0.29) is 0 Å². The molecule has 4 atom stereocenters. The molecule has 1 aliphatic heterocycles. The van der Waals surface area contributed by atoms with Crippen LogP contribution in [0.4, 0.5) is 0 Å². The van der Waals surface area contributed by atoms with Crippen molar-refractivity contribution in [3.63, 3.8) is 0 Å². The zero-order valence-electron chi connectivity index (χ0n) is 10.7. The Bertz CT molecular complexity index is 212. The Morgan fingerprint density at radius 3 is 2.44 bits per heavy atom. The molecule has 0 spiro atoms. The highest BCUT2D eigenvalue weighted by Gasteiger charge is 2.32. The first-order valence-corrected chi connectivity index (χ1v) is 6.67. The summed E-state index contributed by atoms with van der Waals surface area (Å²) in [5.74, 6) is 0. The van der Waals surface area contributed by atoms with E-state index in [1.54, 1.807) is 0 Å². The molecular formula is C13H25NO2. The SMILES string of the molecule is CNC1CCCC1OC1CC(C)OC(C)C1. The van der Waals surface area contributed by atoms with Gasteiger partial charge >= 0.3 is 0 Å². The van der Waals surface area contributed by atoms with E-state index in [4.69, 9.17) is 9.47 Å². The number of hydrogen-bond acceptors (Lipinski definition) is 3. The zero-order chi connectivity index (χ0) is 11.5. The first-order chi connectivity index (χ1) is 7.69. The molecule has 0 bridgehead atoms. The van der Waals surface area contributed by atoms with Gasteiger partial charge in [-0.3, -0.25) is 0 Å². The lowest BCUT2D eigenvalue weighted by molar-refractivity contribution is -0.123. The molecule has 0 aromatic carbocycles. The molecule has 94 valence electrons. The Morgan fingerprint density at radius 1 is 1.12 bits per heavy atom. The Hall–Kier alpha value is -0.120. The van der Waals surface area contributed by atoms with Gasteiger partial charge in [0, 0.05) is 6.04 Å². The van der Waals surface area contributed by atoms with Gasteiger partial charge in [-0.2, -0.15) is 0 Å². The Balaban J connectivity index is 1.84. The highest BCUT2D eigenvalue weighted by atomic mass is 16.5. The van der Waals surface area contributed by atoms with E-state index >= 15 is 0 Å². The summed E-state index contributed by atoms with van der Waals surface area (Å²) in [4.78, 5) is 0. The van der Waals surface area contributed by atoms with Crippen LogP contribution < -0.4 is 5.32 Å². The molecule has 4 unspecified atom stereocenters. The van der Waals surface area contributed by atoms with Crippen LogP contribution in [0.1, 0.15) is 46.0 Å². The number of hydrogen-bond donors (Lipinski definition) is 1. The summed E-state index contributed by atoms with van der Waals surface area (Å²) < 4.78 is 12.0. The van der Waals surface area contributed by atoms with Gasteiger partial charge in [-0.25, -0.2) is 0 Å². The van der Waals surface area contributed by atoms with E-state index in [0.717, 1.165) is 12.8 Å². The molecule has 2 rings (SSSR count). The average Bonchev–Trinajstić information content (AvgIpc) is 2.63. The quantitative estimate of drug-likeness (QED) is 0.801. The fourth-order valence-electron chi connectivity index (χ4n) is 3.12. The van der Waals surface area contributed by atoms with Crippen molar-refractivity contribution in [1.29, 1.82) is 0 Å². The highest BCUT2D eigenvalue weighted by Crippen LogP contribution is 2.28. The second-order valence-corrected chi connectivity index (χ2v) is 5.35. The van der Waals surface area contributed by atoms with Gasteiger partial charge in [-0.05, 0) is 53.0 Å². The molecule has 0 radical (unpaired) electrons. The minimum atomic E-state index is 0.350. The van der Waals surface area contributed by atoms with Crippen molar-refractivity contribution in [2.24, 2.45) is 0 Å². The Morgan fingerprint density at radius 2 is 1.81 bits per heavy atom. The molecule has 1 saturated heterocycles. The molecule has 1 N–H and O–H groups in total. The third kappa shape index (κ3) is 2.96. The fraction of sp³-hybridized carbons (Fsp3) is 1.00. The average molecular weight is 227 g/mol. The molecule has 0 aromatic heterocycles. The van der Waals surface area contributed by atoms with Crippen LogP contribution in [0.3, 0.4) is 0 Å². The summed E-state index contributed by atoms with van der Waals surface area (Å²) in [5.41, 5.74) is 0. The molecule has 2 fully saturated rings. The Kier molecular flexibility index (Phi) is 4.22. The van der Waals surface area contributed by atoms with Gasteiger partial charge in [0.05, 0.1) is 24.4 Å². The molecule has 3 nitrogen and oxygen atoms in total. The van der Waals surface area contributed by atoms with Crippen molar-refractivity contribution in [3.05, 3.63) is 0 Å². The molecule has 0 aromatic rings. The predicted molar refractivity (Wildman–Crippen MR) is 64.6 cm³/mol. The molecule has 3 heteroatoms. The van der Waals surface area contributed by atoms with Gasteiger partial charge in [0.1, 0.15) is 0 Å². The van der Waals surface area contributed by atoms with Crippen molar-refractivity contribution in [3.8, 4) is 0 Å². The molecule has 1 aliphatic carbocycles. The summed E-state index contributed by atoms with van der Waals surface area (Å²) in [6.45, 7) is 4.30. The van der Waals surface area contributed by atoms with Crippen LogP contribution in [0.5, 0.6) is 0 Å². The molecule has 1 heterocycles. The second-order valence-electron chi connectivity index (χ2n) is 5.35. The largest absolute Gasteiger partial charge is 0.375 e. The van der Waals surface area contributed by atoms with Gasteiger partial charge in [-0.1, -0.05) is 0 Å². The standard InChI is InChI=1S/C13H25NO2/c1-9-7-11(8-10(2)15-9)16-13-6-4-5-12(13)14-3/h9-14H,4-8H2,1-3H3. The van der Waals surface area contributed by atoms with Gasteiger partial charge in [0.25, 0.3) is 0 Å². The van der Waals surface area contributed by atoms with E-state index in [0.29, 0.717) is 30.5 Å². The maximum atomic E-state index is 6.25. The molecule has 2 aliphatic rings. The van der Waals surface area contributed by atoms with Crippen LogP contribution in [0.25, 0.3) is 0 Å². The van der Waals surface area contributed by atoms with Crippen molar-refractivity contribution in [1.82, 2.24) is 5.32 Å². The summed E-state index contributed by atoms with van der Waals surface area (Å²) in [6.07, 6.45) is 7.40. The van der Waals surface area contributed by atoms with Crippen molar-refractivity contribution in [2.45, 2.75) is 76.4 Å². The first kappa shape index (κ1) is 12.3. The normalized spacial score (nSPS) is 44.8. The van der Waals surface area contributed by atoms with Crippen molar-refractivity contribution in [2.75, 3.05) is 7.05 Å². The van der Waals surface area contributed by atoms with Crippen LogP contribution in [0.2, 0.25) is 0 Å². The third-order valence-corrected chi connectivity index (χ3v) is 3.84. The maximum Gasteiger partial charge on any atom is 0.0731 e. The minimum absolute atomic E-state index is 0.350. The molecule has 16 heavy (non-hydrogen) atoms. The van der Waals surface area contributed by atoms with E-state index in [1.807, 2.05) is 7.05 Å². The maximum absolute atomic E-state index is 6.25. The van der Waals surface area contributed by atoms with E-state index < -0.39 is 0 Å². The predicted octanol–water partition coefficient (Wildman–Crippen LogP) is 2.10. The summed E-state index contributed by atoms with van der Waals surface area (Å²) in [7, 11) is 2.04. The summed E-state index contributed by atoms with van der Waals surface area (Å²) in [6, 6.07) is 0.563. The summed E-state index contributed by atoms with van der Waals surface area (Å²) in [5, 5.41) is 3.37. The highest BCUT2D eigenvalue weighted by molar-refractivity contribution is 4.85. The van der Waals surface area contributed by atoms with Crippen LogP contribution in [-0.4, -0.2) is 37.5 Å². The number of likely N-dealkylation sites (N-methyl/N-ethyl adjacent to an activating group) is 1. The molecule has 1 saturated carbocycles. The molecule has 0 amide bonds. The van der Waals surface area contributed by atoms with E-state index in [9.17, 15) is 0 Å². The number of nitrogens with one attached hydrogen (secondary N) is 1. The first-order valence-electron chi connectivity index (χ1n) is 6.67. The van der Waals surface area contributed by atoms with E-state index in [2.05, 4.69) is 19.2 Å². The smallest absolute Gasteiger partial charge is 0.0731 e. The van der Waals surface area contributed by atoms with Gasteiger partial charge < -0.3 is 14.8 Å². The van der Waals surface area contributed by atoms with Gasteiger partial charge in [0.2, 0.25) is 0 Å². The van der Waals surface area contributed by atoms with Gasteiger partial charge in [0.15, 0.2) is 0 Å². The number of ether oxygens (including phenoxy) is 2. The van der Waals surface area contributed by atoms with Crippen LogP contribution >= 0.6 is 0 Å². The molecular weight excluding hydrogens is 202 g/mol. The lowest BCUT2D eigenvalue weighted by atomic mass is 10.0. The fourth-order valence-corrected chi connectivity index (χ4v) is 3.12. The lowest BCUT2D eigenvalue weighted by Crippen LogP contribution is -2.41. The topological polar surface area (TPSA) is 30.5 Å². The minimum Gasteiger partial charge on any atom is -0.375 e. The second kappa shape index (κ2) is 5.48. The third-order valence-electron chi connectivity index (χ3n) is 3.84. The van der Waals surface area contributed by atoms with Gasteiger partial charge in [-0.15, -0.1) is 0 Å². The lowest BCUT2D eigenvalue weighted by Gasteiger charge is -2.34. The Labute approximate surface area is 98.9 Å². The van der Waals surface area contributed by atoms with E-state index in [1.165, 1.54) is 19.3 Å².